The zero-order chi connectivity index (χ0) is 27.5. The molecule has 1 fully saturated rings. The van der Waals surface area contributed by atoms with Gasteiger partial charge in [0.2, 0.25) is 0 Å². The average molecular weight is 532 g/mol. The van der Waals surface area contributed by atoms with Crippen LogP contribution in [0.2, 0.25) is 0 Å². The van der Waals surface area contributed by atoms with Crippen LogP contribution >= 0.6 is 0 Å². The first kappa shape index (κ1) is 25.6. The Morgan fingerprint density at radius 3 is 2.46 bits per heavy atom. The van der Waals surface area contributed by atoms with Crippen molar-refractivity contribution >= 4 is 21.9 Å². The molecule has 4 heterocycles. The first-order chi connectivity index (χ1) is 18.6. The van der Waals surface area contributed by atoms with E-state index in [1.54, 1.807) is 19.9 Å². The van der Waals surface area contributed by atoms with Crippen molar-refractivity contribution in [3.05, 3.63) is 82.9 Å². The lowest BCUT2D eigenvalue weighted by atomic mass is 9.86. The Hall–Kier alpha value is -3.62. The summed E-state index contributed by atoms with van der Waals surface area (Å²) in [5.41, 5.74) is 4.94. The number of pyridine rings is 1. The summed E-state index contributed by atoms with van der Waals surface area (Å²) >= 11 is 0. The highest BCUT2D eigenvalue weighted by atomic mass is 19.1. The molecule has 0 bridgehead atoms. The molecule has 39 heavy (non-hydrogen) atoms. The lowest BCUT2D eigenvalue weighted by Gasteiger charge is -2.33. The lowest BCUT2D eigenvalue weighted by Crippen LogP contribution is -2.27. The van der Waals surface area contributed by atoms with E-state index in [4.69, 9.17) is 14.2 Å². The molecule has 0 spiro atoms. The van der Waals surface area contributed by atoms with Gasteiger partial charge in [-0.05, 0) is 70.2 Å². The minimum Gasteiger partial charge on any atom is -0.386 e. The first-order valence-corrected chi connectivity index (χ1v) is 13.3. The van der Waals surface area contributed by atoms with E-state index < -0.39 is 23.3 Å². The third-order valence-electron chi connectivity index (χ3n) is 7.94. The number of aryl methyl sites for hydroxylation is 2. The Morgan fingerprint density at radius 2 is 1.79 bits per heavy atom. The minimum absolute atomic E-state index is 0.0334. The number of rotatable bonds is 5. The molecule has 1 aliphatic heterocycles. The average Bonchev–Trinajstić information content (AvgIpc) is 3.41. The molecule has 6 nitrogen and oxygen atoms in total. The van der Waals surface area contributed by atoms with Crippen LogP contribution in [0.5, 0.6) is 0 Å². The van der Waals surface area contributed by atoms with E-state index in [0.717, 1.165) is 63.2 Å². The van der Waals surface area contributed by atoms with E-state index in [-0.39, 0.29) is 5.92 Å². The molecule has 0 aliphatic carbocycles. The summed E-state index contributed by atoms with van der Waals surface area (Å²) in [6.45, 7) is 8.37. The van der Waals surface area contributed by atoms with Crippen molar-refractivity contribution in [2.45, 2.75) is 52.2 Å². The fourth-order valence-electron chi connectivity index (χ4n) is 5.99. The van der Waals surface area contributed by atoms with E-state index in [0.29, 0.717) is 24.5 Å². The van der Waals surface area contributed by atoms with Crippen LogP contribution in [0.15, 0.2) is 53.2 Å². The molecule has 1 atom stereocenters. The molecular formula is C31H31F2N3O3. The largest absolute Gasteiger partial charge is 0.386 e. The van der Waals surface area contributed by atoms with Gasteiger partial charge in [-0.3, -0.25) is 4.98 Å². The molecule has 3 aromatic heterocycles. The predicted octanol–water partition coefficient (Wildman–Crippen LogP) is 6.98. The number of aliphatic hydroxyl groups is 1. The number of benzene rings is 2. The number of nitrogens with zero attached hydrogens (tertiary/aromatic N) is 3. The van der Waals surface area contributed by atoms with Crippen LogP contribution in [-0.2, 0) is 10.3 Å². The summed E-state index contributed by atoms with van der Waals surface area (Å²) in [6.07, 6.45) is 3.26. The van der Waals surface area contributed by atoms with Crippen LogP contribution < -0.4 is 0 Å². The fraction of sp³-hybridized carbons (Fsp3) is 0.355. The first-order valence-electron chi connectivity index (χ1n) is 13.3. The summed E-state index contributed by atoms with van der Waals surface area (Å²) in [7, 11) is 0. The monoisotopic (exact) mass is 531 g/mol. The molecule has 0 saturated carbocycles. The topological polar surface area (TPSA) is 73.3 Å². The molecule has 1 unspecified atom stereocenters. The maximum atomic E-state index is 15.6. The van der Waals surface area contributed by atoms with Gasteiger partial charge in [-0.1, -0.05) is 23.4 Å². The van der Waals surface area contributed by atoms with Crippen LogP contribution in [0, 0.1) is 31.4 Å². The van der Waals surface area contributed by atoms with Crippen molar-refractivity contribution in [2.75, 3.05) is 13.2 Å². The third kappa shape index (κ3) is 4.41. The number of ether oxygens (including phenoxy) is 1. The van der Waals surface area contributed by atoms with Gasteiger partial charge in [0.25, 0.3) is 0 Å². The Labute approximate surface area is 225 Å². The van der Waals surface area contributed by atoms with Gasteiger partial charge in [-0.15, -0.1) is 0 Å². The van der Waals surface area contributed by atoms with Crippen LogP contribution in [0.4, 0.5) is 8.78 Å². The van der Waals surface area contributed by atoms with Crippen molar-refractivity contribution in [3.63, 3.8) is 0 Å². The maximum Gasteiger partial charge on any atom is 0.141 e. The van der Waals surface area contributed by atoms with Crippen LogP contribution in [-0.4, -0.2) is 33.0 Å². The summed E-state index contributed by atoms with van der Waals surface area (Å²) < 4.78 is 42.8. The molecule has 2 aromatic carbocycles. The van der Waals surface area contributed by atoms with Crippen LogP contribution in [0.25, 0.3) is 33.1 Å². The molecular weight excluding hydrogens is 500 g/mol. The van der Waals surface area contributed by atoms with E-state index in [2.05, 4.69) is 9.72 Å². The number of hydrogen-bond acceptors (Lipinski definition) is 5. The van der Waals surface area contributed by atoms with Gasteiger partial charge < -0.3 is 18.9 Å². The molecule has 0 amide bonds. The number of fused-ring (bicyclic) bond motifs is 3. The van der Waals surface area contributed by atoms with Gasteiger partial charge in [-0.2, -0.15) is 0 Å². The van der Waals surface area contributed by atoms with Crippen molar-refractivity contribution in [1.82, 2.24) is 14.7 Å². The zero-order valence-electron chi connectivity index (χ0n) is 22.5. The van der Waals surface area contributed by atoms with Gasteiger partial charge in [0.1, 0.15) is 17.4 Å². The van der Waals surface area contributed by atoms with Crippen molar-refractivity contribution in [2.24, 2.45) is 5.92 Å². The quantitative estimate of drug-likeness (QED) is 0.265. The van der Waals surface area contributed by atoms with E-state index in [1.807, 2.05) is 44.3 Å². The Kier molecular flexibility index (Phi) is 6.27. The molecule has 1 saturated heterocycles. The van der Waals surface area contributed by atoms with Crippen LogP contribution in [0.1, 0.15) is 55.3 Å². The summed E-state index contributed by atoms with van der Waals surface area (Å²) in [5, 5.41) is 15.9. The molecule has 6 rings (SSSR count). The van der Waals surface area contributed by atoms with E-state index in [1.165, 1.54) is 6.07 Å². The molecule has 202 valence electrons. The summed E-state index contributed by atoms with van der Waals surface area (Å²) in [4.78, 5) is 4.89. The van der Waals surface area contributed by atoms with Crippen molar-refractivity contribution < 1.29 is 23.1 Å². The summed E-state index contributed by atoms with van der Waals surface area (Å²) in [6, 6.07) is 11.2. The number of hydrogen-bond donors (Lipinski definition) is 1. The third-order valence-corrected chi connectivity index (χ3v) is 7.94. The minimum atomic E-state index is -1.08. The predicted molar refractivity (Wildman–Crippen MR) is 145 cm³/mol. The normalized spacial score (nSPS) is 15.9. The fourth-order valence-corrected chi connectivity index (χ4v) is 5.99. The maximum absolute atomic E-state index is 15.6. The second kappa shape index (κ2) is 9.54. The van der Waals surface area contributed by atoms with E-state index >= 15 is 4.39 Å². The zero-order valence-corrected chi connectivity index (χ0v) is 22.5. The lowest BCUT2D eigenvalue weighted by molar-refractivity contribution is 0.0548. The van der Waals surface area contributed by atoms with E-state index in [9.17, 15) is 9.50 Å². The van der Waals surface area contributed by atoms with Gasteiger partial charge >= 0.3 is 0 Å². The molecule has 0 radical (unpaired) electrons. The number of aromatic nitrogens is 3. The second-order valence-corrected chi connectivity index (χ2v) is 11.0. The van der Waals surface area contributed by atoms with Crippen LogP contribution in [0.3, 0.4) is 0 Å². The molecule has 5 aromatic rings. The SMILES string of the molecule is Cc1noc(C)c1-c1cnc2c3ccc(C(C)(C)O)cc3n(C(c3ccc(F)cc3F)C3CCOCC3)c2c1. The van der Waals surface area contributed by atoms with Gasteiger partial charge in [-0.25, -0.2) is 8.78 Å². The number of halogens is 2. The highest BCUT2D eigenvalue weighted by Crippen LogP contribution is 2.43. The molecule has 1 aliphatic rings. The highest BCUT2D eigenvalue weighted by molar-refractivity contribution is 6.07. The Bertz CT molecular complexity index is 1670. The standard InChI is InChI=1S/C31H31F2N3O3/c1-17-28(18(2)39-35-17)20-13-27-29(34-16-20)24-7-5-21(31(3,4)37)14-26(24)36(27)30(19-9-11-38-12-10-19)23-8-6-22(32)15-25(23)33/h5-8,13-16,19,30,37H,9-12H2,1-4H3. The van der Waals surface area contributed by atoms with Crippen molar-refractivity contribution in [1.29, 1.82) is 0 Å². The molecule has 8 heteroatoms. The van der Waals surface area contributed by atoms with Gasteiger partial charge in [0, 0.05) is 47.6 Å². The van der Waals surface area contributed by atoms with Crippen molar-refractivity contribution in [3.8, 4) is 11.1 Å². The van der Waals surface area contributed by atoms with Gasteiger partial charge in [0.05, 0.1) is 33.9 Å². The smallest absolute Gasteiger partial charge is 0.141 e. The Morgan fingerprint density at radius 1 is 1.03 bits per heavy atom. The summed E-state index contributed by atoms with van der Waals surface area (Å²) in [5.74, 6) is -0.483. The second-order valence-electron chi connectivity index (χ2n) is 11.0. The Balaban J connectivity index is 1.71. The van der Waals surface area contributed by atoms with Gasteiger partial charge in [0.15, 0.2) is 0 Å². The molecule has 1 N–H and O–H groups in total. The highest BCUT2D eigenvalue weighted by Gasteiger charge is 2.33.